The van der Waals surface area contributed by atoms with Crippen molar-refractivity contribution in [3.8, 4) is 0 Å². The van der Waals surface area contributed by atoms with Gasteiger partial charge in [-0.25, -0.2) is 0 Å². The zero-order valence-electron chi connectivity index (χ0n) is 19.8. The molecule has 3 aliphatic rings. The van der Waals surface area contributed by atoms with E-state index in [0.717, 1.165) is 25.7 Å². The Bertz CT molecular complexity index is 962. The van der Waals surface area contributed by atoms with Gasteiger partial charge >= 0.3 is 0 Å². The van der Waals surface area contributed by atoms with E-state index in [0.29, 0.717) is 36.6 Å². The van der Waals surface area contributed by atoms with Gasteiger partial charge in [0, 0.05) is 24.4 Å². The molecule has 0 aliphatic carbocycles. The average molecular weight is 508 g/mol. The van der Waals surface area contributed by atoms with Crippen LogP contribution in [0.15, 0.2) is 24.3 Å². The van der Waals surface area contributed by atoms with Crippen molar-refractivity contribution < 1.29 is 19.5 Å². The molecule has 1 aromatic carbocycles. The highest BCUT2D eigenvalue weighted by Gasteiger charge is 2.76. The SMILES string of the molecule is CCCNC(=O)[C@@H]1[C@H]2C(=O)N(CCCCCO)C(C(=O)Nc3ccccc3Cl)C23CC[C@@]1(C)S3. The highest BCUT2D eigenvalue weighted by atomic mass is 35.5. The third-order valence-corrected chi connectivity index (χ3v) is 9.86. The van der Waals surface area contributed by atoms with Gasteiger partial charge in [0.1, 0.15) is 6.04 Å². The summed E-state index contributed by atoms with van der Waals surface area (Å²) in [6.07, 6.45) is 4.45. The molecule has 9 heteroatoms. The number of fused-ring (bicyclic) bond motifs is 1. The predicted molar refractivity (Wildman–Crippen MR) is 135 cm³/mol. The third-order valence-electron chi connectivity index (χ3n) is 7.55. The molecule has 2 bridgehead atoms. The molecule has 4 rings (SSSR count). The lowest BCUT2D eigenvalue weighted by atomic mass is 9.66. The van der Waals surface area contributed by atoms with Crippen molar-refractivity contribution >= 4 is 46.8 Å². The van der Waals surface area contributed by atoms with Crippen molar-refractivity contribution in [3.63, 3.8) is 0 Å². The third kappa shape index (κ3) is 4.22. The molecule has 3 amide bonds. The molecule has 34 heavy (non-hydrogen) atoms. The minimum absolute atomic E-state index is 0.0795. The van der Waals surface area contributed by atoms with E-state index in [4.69, 9.17) is 16.7 Å². The van der Waals surface area contributed by atoms with Crippen LogP contribution in [0.1, 0.15) is 52.4 Å². The van der Waals surface area contributed by atoms with Gasteiger partial charge in [-0.15, -0.1) is 11.8 Å². The fourth-order valence-corrected chi connectivity index (χ4v) is 8.60. The molecule has 0 saturated carbocycles. The number of unbranched alkanes of at least 4 members (excludes halogenated alkanes) is 2. The van der Waals surface area contributed by atoms with Gasteiger partial charge in [0.2, 0.25) is 17.7 Å². The second kappa shape index (κ2) is 10.1. The molecule has 3 fully saturated rings. The maximum atomic E-state index is 13.9. The Balaban J connectivity index is 1.67. The van der Waals surface area contributed by atoms with Gasteiger partial charge in [-0.2, -0.15) is 0 Å². The highest BCUT2D eigenvalue weighted by Crippen LogP contribution is 2.71. The largest absolute Gasteiger partial charge is 0.396 e. The number of hydrogen-bond acceptors (Lipinski definition) is 5. The van der Waals surface area contributed by atoms with Crippen molar-refractivity contribution in [2.45, 2.75) is 67.9 Å². The molecule has 1 aromatic rings. The first kappa shape index (κ1) is 25.3. The zero-order valence-corrected chi connectivity index (χ0v) is 21.4. The summed E-state index contributed by atoms with van der Waals surface area (Å²) < 4.78 is -1.01. The molecule has 2 unspecified atom stereocenters. The van der Waals surface area contributed by atoms with E-state index in [1.807, 2.05) is 6.92 Å². The van der Waals surface area contributed by atoms with Gasteiger partial charge in [-0.3, -0.25) is 14.4 Å². The van der Waals surface area contributed by atoms with Gasteiger partial charge in [-0.1, -0.05) is 30.7 Å². The Morgan fingerprint density at radius 1 is 1.21 bits per heavy atom. The molecule has 3 heterocycles. The second-order valence-electron chi connectivity index (χ2n) is 9.80. The Morgan fingerprint density at radius 2 is 1.97 bits per heavy atom. The number of carbonyl (C=O) groups excluding carboxylic acids is 3. The van der Waals surface area contributed by atoms with Crippen molar-refractivity contribution in [3.05, 3.63) is 29.3 Å². The van der Waals surface area contributed by atoms with Crippen molar-refractivity contribution in [1.82, 2.24) is 10.2 Å². The molecule has 1 spiro atoms. The van der Waals surface area contributed by atoms with Gasteiger partial charge < -0.3 is 20.6 Å². The van der Waals surface area contributed by atoms with E-state index >= 15 is 0 Å². The standard InChI is InChI=1S/C25H34ClN3O4S/c1-3-13-27-21(31)18-19-23(33)29(14-7-4-8-15-30)20(25(19)12-11-24(18,2)34-25)22(32)28-17-10-6-5-9-16(17)26/h5-6,9-10,18-20,30H,3-4,7-8,11-15H2,1-2H3,(H,27,31)(H,28,32)/t18-,19-,20?,24+,25?/m0/s1. The van der Waals surface area contributed by atoms with Crippen LogP contribution >= 0.6 is 23.4 Å². The van der Waals surface area contributed by atoms with Crippen molar-refractivity contribution in [2.75, 3.05) is 25.0 Å². The normalized spacial score (nSPS) is 31.6. The van der Waals surface area contributed by atoms with Gasteiger partial charge in [-0.05, 0) is 57.6 Å². The summed E-state index contributed by atoms with van der Waals surface area (Å²) in [5, 5.41) is 15.6. The first-order valence-electron chi connectivity index (χ1n) is 12.2. The Kier molecular flexibility index (Phi) is 7.50. The van der Waals surface area contributed by atoms with E-state index in [-0.39, 0.29) is 29.1 Å². The molecule has 3 N–H and O–H groups in total. The average Bonchev–Trinajstić information content (AvgIpc) is 3.37. The van der Waals surface area contributed by atoms with Crippen LogP contribution in [-0.2, 0) is 14.4 Å². The van der Waals surface area contributed by atoms with Crippen LogP contribution < -0.4 is 10.6 Å². The maximum absolute atomic E-state index is 13.9. The lowest BCUT2D eigenvalue weighted by Gasteiger charge is -2.35. The first-order chi connectivity index (χ1) is 16.3. The highest BCUT2D eigenvalue weighted by molar-refractivity contribution is 8.02. The number of hydrogen-bond donors (Lipinski definition) is 3. The second-order valence-corrected chi connectivity index (χ2v) is 12.1. The van der Waals surface area contributed by atoms with Crippen LogP contribution in [0, 0.1) is 11.8 Å². The van der Waals surface area contributed by atoms with E-state index < -0.39 is 22.6 Å². The number of para-hydroxylation sites is 1. The number of aliphatic hydroxyl groups is 1. The van der Waals surface area contributed by atoms with Gasteiger partial charge in [0.25, 0.3) is 0 Å². The Morgan fingerprint density at radius 3 is 2.68 bits per heavy atom. The number of nitrogens with zero attached hydrogens (tertiary/aromatic N) is 1. The van der Waals surface area contributed by atoms with Crippen LogP contribution in [0.4, 0.5) is 5.69 Å². The van der Waals surface area contributed by atoms with Crippen molar-refractivity contribution in [1.29, 1.82) is 0 Å². The number of halogens is 1. The lowest BCUT2D eigenvalue weighted by molar-refractivity contribution is -0.140. The Labute approximate surface area is 210 Å². The van der Waals surface area contributed by atoms with Gasteiger partial charge in [0.15, 0.2) is 0 Å². The molecule has 0 aromatic heterocycles. The number of benzene rings is 1. The number of carbonyl (C=O) groups is 3. The van der Waals surface area contributed by atoms with E-state index in [1.165, 1.54) is 0 Å². The maximum Gasteiger partial charge on any atom is 0.248 e. The topological polar surface area (TPSA) is 98.7 Å². The fraction of sp³-hybridized carbons (Fsp3) is 0.640. The Hall–Kier alpha value is -1.77. The summed E-state index contributed by atoms with van der Waals surface area (Å²) in [6, 6.07) is 6.40. The summed E-state index contributed by atoms with van der Waals surface area (Å²) in [4.78, 5) is 42.6. The summed E-state index contributed by atoms with van der Waals surface area (Å²) >= 11 is 7.97. The number of amides is 3. The quantitative estimate of drug-likeness (QED) is 0.421. The number of nitrogens with one attached hydrogen (secondary N) is 2. The number of aliphatic hydroxyl groups excluding tert-OH is 1. The van der Waals surface area contributed by atoms with E-state index in [2.05, 4.69) is 17.6 Å². The summed E-state index contributed by atoms with van der Waals surface area (Å²) in [6.45, 7) is 5.18. The number of anilines is 1. The van der Waals surface area contributed by atoms with Crippen molar-refractivity contribution in [2.24, 2.45) is 11.8 Å². The minimum Gasteiger partial charge on any atom is -0.396 e. The molecule has 0 radical (unpaired) electrons. The fourth-order valence-electron chi connectivity index (χ4n) is 6.06. The van der Waals surface area contributed by atoms with Crippen LogP contribution in [0.5, 0.6) is 0 Å². The molecule has 3 aliphatic heterocycles. The van der Waals surface area contributed by atoms with Crippen LogP contribution in [0.25, 0.3) is 0 Å². The number of thioether (sulfide) groups is 1. The van der Waals surface area contributed by atoms with Crippen LogP contribution in [0.3, 0.4) is 0 Å². The summed E-state index contributed by atoms with van der Waals surface area (Å²) in [5.74, 6) is -1.41. The smallest absolute Gasteiger partial charge is 0.248 e. The summed E-state index contributed by atoms with van der Waals surface area (Å²) in [5.41, 5.74) is 0.516. The van der Waals surface area contributed by atoms with Crippen LogP contribution in [0.2, 0.25) is 5.02 Å². The molecule has 5 atom stereocenters. The van der Waals surface area contributed by atoms with Crippen LogP contribution in [-0.4, -0.2) is 63.0 Å². The predicted octanol–water partition coefficient (Wildman–Crippen LogP) is 3.45. The zero-order chi connectivity index (χ0) is 24.5. The monoisotopic (exact) mass is 507 g/mol. The molecule has 186 valence electrons. The van der Waals surface area contributed by atoms with Gasteiger partial charge in [0.05, 0.1) is 27.3 Å². The molecule has 3 saturated heterocycles. The lowest BCUT2D eigenvalue weighted by Crippen LogP contribution is -2.52. The summed E-state index contributed by atoms with van der Waals surface area (Å²) in [7, 11) is 0. The molecule has 7 nitrogen and oxygen atoms in total. The first-order valence-corrected chi connectivity index (χ1v) is 13.4. The number of rotatable bonds is 10. The van der Waals surface area contributed by atoms with E-state index in [1.54, 1.807) is 40.9 Å². The minimum atomic E-state index is -0.675. The molecular weight excluding hydrogens is 474 g/mol. The molecular formula is C25H34ClN3O4S. The van der Waals surface area contributed by atoms with E-state index in [9.17, 15) is 14.4 Å². The number of likely N-dealkylation sites (tertiary alicyclic amines) is 1.